The maximum atomic E-state index is 12.3. The Labute approximate surface area is 152 Å². The van der Waals surface area contributed by atoms with E-state index in [2.05, 4.69) is 35.9 Å². The number of benzene rings is 1. The SMILES string of the molecule is CCN1CCN(CCCNC(=O)c2cccc(OCC(C)C)c2)CC1. The molecule has 2 rings (SSSR count). The Bertz CT molecular complexity index is 525. The molecule has 0 atom stereocenters. The minimum absolute atomic E-state index is 0.0224. The Balaban J connectivity index is 1.67. The lowest BCUT2D eigenvalue weighted by Crippen LogP contribution is -2.46. The first-order valence-electron chi connectivity index (χ1n) is 9.54. The zero-order chi connectivity index (χ0) is 18.1. The van der Waals surface area contributed by atoms with Gasteiger partial charge >= 0.3 is 0 Å². The minimum Gasteiger partial charge on any atom is -0.493 e. The summed E-state index contributed by atoms with van der Waals surface area (Å²) in [6.45, 7) is 14.6. The quantitative estimate of drug-likeness (QED) is 0.697. The van der Waals surface area contributed by atoms with E-state index in [0.717, 1.165) is 51.4 Å². The van der Waals surface area contributed by atoms with Gasteiger partial charge in [0.2, 0.25) is 0 Å². The number of carbonyl (C=O) groups excluding carboxylic acids is 1. The van der Waals surface area contributed by atoms with Crippen molar-refractivity contribution in [3.63, 3.8) is 0 Å². The normalized spacial score (nSPS) is 16.2. The summed E-state index contributed by atoms with van der Waals surface area (Å²) in [5, 5.41) is 3.02. The van der Waals surface area contributed by atoms with Crippen molar-refractivity contribution in [2.24, 2.45) is 5.92 Å². The summed E-state index contributed by atoms with van der Waals surface area (Å²) in [5.41, 5.74) is 0.665. The Kier molecular flexibility index (Phi) is 8.22. The van der Waals surface area contributed by atoms with E-state index in [1.165, 1.54) is 0 Å². The van der Waals surface area contributed by atoms with E-state index in [1.807, 2.05) is 24.3 Å². The molecule has 0 aromatic heterocycles. The van der Waals surface area contributed by atoms with Gasteiger partial charge in [-0.1, -0.05) is 26.8 Å². The van der Waals surface area contributed by atoms with Crippen molar-refractivity contribution in [1.82, 2.24) is 15.1 Å². The third-order valence-electron chi connectivity index (χ3n) is 4.53. The second-order valence-electron chi connectivity index (χ2n) is 7.12. The molecule has 1 aromatic carbocycles. The highest BCUT2D eigenvalue weighted by Gasteiger charge is 2.14. The number of nitrogens with zero attached hydrogens (tertiary/aromatic N) is 2. The van der Waals surface area contributed by atoms with Crippen LogP contribution in [0.15, 0.2) is 24.3 Å². The molecule has 1 aliphatic rings. The average molecular weight is 348 g/mol. The van der Waals surface area contributed by atoms with Gasteiger partial charge in [-0.3, -0.25) is 4.79 Å². The summed E-state index contributed by atoms with van der Waals surface area (Å²) in [5.74, 6) is 1.21. The van der Waals surface area contributed by atoms with Crippen LogP contribution in [0.2, 0.25) is 0 Å². The van der Waals surface area contributed by atoms with E-state index >= 15 is 0 Å². The van der Waals surface area contributed by atoms with Crippen molar-refractivity contribution in [3.8, 4) is 5.75 Å². The zero-order valence-electron chi connectivity index (χ0n) is 16.0. The molecule has 5 heteroatoms. The zero-order valence-corrected chi connectivity index (χ0v) is 16.0. The number of rotatable bonds is 9. The third kappa shape index (κ3) is 7.04. The fourth-order valence-corrected chi connectivity index (χ4v) is 2.93. The largest absolute Gasteiger partial charge is 0.493 e. The highest BCUT2D eigenvalue weighted by atomic mass is 16.5. The van der Waals surface area contributed by atoms with E-state index in [9.17, 15) is 4.79 Å². The Hall–Kier alpha value is -1.59. The van der Waals surface area contributed by atoms with Crippen LogP contribution in [-0.2, 0) is 0 Å². The van der Waals surface area contributed by atoms with Gasteiger partial charge < -0.3 is 19.9 Å². The van der Waals surface area contributed by atoms with Crippen LogP contribution < -0.4 is 10.1 Å². The Morgan fingerprint density at radius 2 is 1.92 bits per heavy atom. The molecule has 1 amide bonds. The van der Waals surface area contributed by atoms with Crippen LogP contribution in [0.3, 0.4) is 0 Å². The minimum atomic E-state index is -0.0224. The Morgan fingerprint density at radius 1 is 1.20 bits per heavy atom. The molecule has 0 spiro atoms. The fourth-order valence-electron chi connectivity index (χ4n) is 2.93. The standard InChI is InChI=1S/C20H33N3O2/c1-4-22-11-13-23(14-12-22)10-6-9-21-20(24)18-7-5-8-19(15-18)25-16-17(2)3/h5,7-8,15,17H,4,6,9-14,16H2,1-3H3,(H,21,24). The molecule has 1 saturated heterocycles. The molecule has 0 saturated carbocycles. The van der Waals surface area contributed by atoms with Crippen LogP contribution in [0.1, 0.15) is 37.6 Å². The molecular formula is C20H33N3O2. The molecule has 25 heavy (non-hydrogen) atoms. The van der Waals surface area contributed by atoms with Gasteiger partial charge in [0.05, 0.1) is 6.61 Å². The van der Waals surface area contributed by atoms with E-state index in [0.29, 0.717) is 24.6 Å². The Morgan fingerprint density at radius 3 is 2.60 bits per heavy atom. The van der Waals surface area contributed by atoms with Crippen LogP contribution in [0.4, 0.5) is 0 Å². The van der Waals surface area contributed by atoms with E-state index in [1.54, 1.807) is 0 Å². The molecule has 1 fully saturated rings. The predicted octanol–water partition coefficient (Wildman–Crippen LogP) is 2.48. The van der Waals surface area contributed by atoms with Gasteiger partial charge in [-0.25, -0.2) is 0 Å². The second-order valence-corrected chi connectivity index (χ2v) is 7.12. The smallest absolute Gasteiger partial charge is 0.251 e. The lowest BCUT2D eigenvalue weighted by Gasteiger charge is -2.33. The lowest BCUT2D eigenvalue weighted by molar-refractivity contribution is 0.0947. The van der Waals surface area contributed by atoms with Crippen LogP contribution in [-0.4, -0.2) is 68.1 Å². The number of ether oxygens (including phenoxy) is 1. The number of hydrogen-bond donors (Lipinski definition) is 1. The fraction of sp³-hybridized carbons (Fsp3) is 0.650. The molecule has 0 radical (unpaired) electrons. The first-order chi connectivity index (χ1) is 12.1. The summed E-state index contributed by atoms with van der Waals surface area (Å²) in [7, 11) is 0. The summed E-state index contributed by atoms with van der Waals surface area (Å²) >= 11 is 0. The van der Waals surface area contributed by atoms with Crippen LogP contribution in [0.25, 0.3) is 0 Å². The maximum Gasteiger partial charge on any atom is 0.251 e. The molecule has 0 unspecified atom stereocenters. The van der Waals surface area contributed by atoms with E-state index in [4.69, 9.17) is 4.74 Å². The summed E-state index contributed by atoms with van der Waals surface area (Å²) < 4.78 is 5.69. The topological polar surface area (TPSA) is 44.8 Å². The molecule has 1 aliphatic heterocycles. The van der Waals surface area contributed by atoms with Crippen molar-refractivity contribution in [1.29, 1.82) is 0 Å². The van der Waals surface area contributed by atoms with E-state index < -0.39 is 0 Å². The predicted molar refractivity (Wildman–Crippen MR) is 102 cm³/mol. The summed E-state index contributed by atoms with van der Waals surface area (Å²) in [4.78, 5) is 17.2. The number of amides is 1. The van der Waals surface area contributed by atoms with Gasteiger partial charge in [0.25, 0.3) is 5.91 Å². The van der Waals surface area contributed by atoms with Crippen molar-refractivity contribution < 1.29 is 9.53 Å². The molecule has 1 aromatic rings. The second kappa shape index (κ2) is 10.4. The third-order valence-corrected chi connectivity index (χ3v) is 4.53. The lowest BCUT2D eigenvalue weighted by atomic mass is 10.2. The maximum absolute atomic E-state index is 12.3. The summed E-state index contributed by atoms with van der Waals surface area (Å²) in [6, 6.07) is 7.43. The number of likely N-dealkylation sites (N-methyl/N-ethyl adjacent to an activating group) is 1. The van der Waals surface area contributed by atoms with Crippen molar-refractivity contribution in [3.05, 3.63) is 29.8 Å². The first-order valence-corrected chi connectivity index (χ1v) is 9.54. The van der Waals surface area contributed by atoms with Gasteiger partial charge in [0, 0.05) is 38.3 Å². The first kappa shape index (κ1) is 19.7. The molecule has 5 nitrogen and oxygen atoms in total. The highest BCUT2D eigenvalue weighted by molar-refractivity contribution is 5.94. The molecule has 1 heterocycles. The van der Waals surface area contributed by atoms with E-state index in [-0.39, 0.29) is 5.91 Å². The molecule has 140 valence electrons. The van der Waals surface area contributed by atoms with Gasteiger partial charge in [-0.2, -0.15) is 0 Å². The average Bonchev–Trinajstić information content (AvgIpc) is 2.64. The van der Waals surface area contributed by atoms with Crippen LogP contribution >= 0.6 is 0 Å². The van der Waals surface area contributed by atoms with Gasteiger partial charge in [-0.05, 0) is 43.6 Å². The number of piperazine rings is 1. The highest BCUT2D eigenvalue weighted by Crippen LogP contribution is 2.14. The van der Waals surface area contributed by atoms with Gasteiger partial charge in [0.15, 0.2) is 0 Å². The van der Waals surface area contributed by atoms with Gasteiger partial charge in [0.1, 0.15) is 5.75 Å². The van der Waals surface area contributed by atoms with Gasteiger partial charge in [-0.15, -0.1) is 0 Å². The molecule has 0 bridgehead atoms. The van der Waals surface area contributed by atoms with Crippen molar-refractivity contribution in [2.75, 3.05) is 52.4 Å². The van der Waals surface area contributed by atoms with Crippen molar-refractivity contribution in [2.45, 2.75) is 27.2 Å². The molecule has 1 N–H and O–H groups in total. The van der Waals surface area contributed by atoms with Crippen molar-refractivity contribution >= 4 is 5.91 Å². The molecular weight excluding hydrogens is 314 g/mol. The summed E-state index contributed by atoms with van der Waals surface area (Å²) in [6.07, 6.45) is 0.988. The number of hydrogen-bond acceptors (Lipinski definition) is 4. The van der Waals surface area contributed by atoms with Crippen LogP contribution in [0.5, 0.6) is 5.75 Å². The number of carbonyl (C=O) groups is 1. The number of nitrogens with one attached hydrogen (secondary N) is 1. The molecule has 0 aliphatic carbocycles. The van der Waals surface area contributed by atoms with Crippen LogP contribution in [0, 0.1) is 5.92 Å². The monoisotopic (exact) mass is 347 g/mol.